The second-order valence-electron chi connectivity index (χ2n) is 5.08. The fourth-order valence-corrected chi connectivity index (χ4v) is 3.07. The second-order valence-corrected chi connectivity index (χ2v) is 5.08. The summed E-state index contributed by atoms with van der Waals surface area (Å²) < 4.78 is 5.15. The summed E-state index contributed by atoms with van der Waals surface area (Å²) in [6.07, 6.45) is 4.21. The lowest BCUT2D eigenvalue weighted by Gasteiger charge is -2.40. The number of methoxy groups -OCH3 is 1. The number of benzene rings is 1. The van der Waals surface area contributed by atoms with E-state index < -0.39 is 0 Å². The van der Waals surface area contributed by atoms with Gasteiger partial charge in [-0.2, -0.15) is 0 Å². The molecule has 1 atom stereocenters. The second kappa shape index (κ2) is 8.31. The Morgan fingerprint density at radius 2 is 1.84 bits per heavy atom. The molecule has 0 fully saturated rings. The monoisotopic (exact) mass is 264 g/mol. The molecule has 0 heterocycles. The third kappa shape index (κ3) is 3.78. The predicted octanol–water partition coefficient (Wildman–Crippen LogP) is 3.00. The first kappa shape index (κ1) is 16.2. The Labute approximate surface area is 117 Å². The molecular weight excluding hydrogens is 236 g/mol. The minimum Gasteiger partial charge on any atom is -0.385 e. The molecule has 0 radical (unpaired) electrons. The molecule has 108 valence electrons. The summed E-state index contributed by atoms with van der Waals surface area (Å²) >= 11 is 0. The Hall–Kier alpha value is -0.900. The molecule has 3 N–H and O–H groups in total. The van der Waals surface area contributed by atoms with Gasteiger partial charge in [-0.15, -0.1) is 0 Å². The zero-order valence-electron chi connectivity index (χ0n) is 12.5. The molecule has 0 aliphatic heterocycles. The maximum absolute atomic E-state index is 5.84. The molecule has 0 spiro atoms. The van der Waals surface area contributed by atoms with E-state index in [0.29, 0.717) is 0 Å². The average molecular weight is 264 g/mol. The summed E-state index contributed by atoms with van der Waals surface area (Å²) in [7, 11) is 1.75. The van der Waals surface area contributed by atoms with E-state index in [-0.39, 0.29) is 11.5 Å². The zero-order chi connectivity index (χ0) is 14.1. The molecule has 3 heteroatoms. The smallest absolute Gasteiger partial charge is 0.0462 e. The molecule has 0 saturated heterocycles. The van der Waals surface area contributed by atoms with Crippen molar-refractivity contribution in [1.82, 2.24) is 5.43 Å². The van der Waals surface area contributed by atoms with Crippen LogP contribution in [0, 0.1) is 0 Å². The topological polar surface area (TPSA) is 47.3 Å². The number of rotatable bonds is 9. The molecule has 3 nitrogen and oxygen atoms in total. The molecule has 19 heavy (non-hydrogen) atoms. The number of ether oxygens (including phenoxy) is 1. The maximum atomic E-state index is 5.84. The Bertz CT molecular complexity index is 336. The van der Waals surface area contributed by atoms with E-state index in [1.54, 1.807) is 7.11 Å². The van der Waals surface area contributed by atoms with Gasteiger partial charge in [-0.25, -0.2) is 0 Å². The number of nitrogens with two attached hydrogens (primary N) is 1. The van der Waals surface area contributed by atoms with E-state index in [0.717, 1.165) is 32.3 Å². The number of hydrogen-bond donors (Lipinski definition) is 2. The van der Waals surface area contributed by atoms with Gasteiger partial charge >= 0.3 is 0 Å². The van der Waals surface area contributed by atoms with E-state index in [1.165, 1.54) is 5.56 Å². The van der Waals surface area contributed by atoms with E-state index in [2.05, 4.69) is 49.6 Å². The highest BCUT2D eigenvalue weighted by atomic mass is 16.5. The van der Waals surface area contributed by atoms with Crippen molar-refractivity contribution in [2.24, 2.45) is 5.84 Å². The van der Waals surface area contributed by atoms with Crippen molar-refractivity contribution >= 4 is 0 Å². The lowest BCUT2D eigenvalue weighted by Crippen LogP contribution is -2.51. The lowest BCUT2D eigenvalue weighted by molar-refractivity contribution is 0.175. The van der Waals surface area contributed by atoms with Crippen LogP contribution in [0.1, 0.15) is 45.1 Å². The number of hydrogen-bond acceptors (Lipinski definition) is 3. The fraction of sp³-hybridized carbons (Fsp3) is 0.625. The average Bonchev–Trinajstić information content (AvgIpc) is 2.48. The van der Waals surface area contributed by atoms with Crippen molar-refractivity contribution in [1.29, 1.82) is 0 Å². The first-order chi connectivity index (χ1) is 9.25. The zero-order valence-corrected chi connectivity index (χ0v) is 12.5. The third-order valence-corrected chi connectivity index (χ3v) is 4.32. The van der Waals surface area contributed by atoms with Gasteiger partial charge in [0.25, 0.3) is 0 Å². The first-order valence-electron chi connectivity index (χ1n) is 7.25. The molecule has 0 amide bonds. The summed E-state index contributed by atoms with van der Waals surface area (Å²) in [6, 6.07) is 11.0. The van der Waals surface area contributed by atoms with Crippen LogP contribution in [0.25, 0.3) is 0 Å². The molecule has 0 aliphatic carbocycles. The summed E-state index contributed by atoms with van der Waals surface area (Å²) in [6.45, 7) is 5.28. The van der Waals surface area contributed by atoms with Gasteiger partial charge in [0.15, 0.2) is 0 Å². The summed E-state index contributed by atoms with van der Waals surface area (Å²) in [5, 5.41) is 0. The summed E-state index contributed by atoms with van der Waals surface area (Å²) in [5.74, 6) is 5.84. The van der Waals surface area contributed by atoms with Crippen LogP contribution < -0.4 is 11.3 Å². The maximum Gasteiger partial charge on any atom is 0.0462 e. The van der Waals surface area contributed by atoms with Gasteiger partial charge in [0.05, 0.1) is 0 Å². The van der Waals surface area contributed by atoms with Crippen LogP contribution >= 0.6 is 0 Å². The first-order valence-corrected chi connectivity index (χ1v) is 7.25. The van der Waals surface area contributed by atoms with Gasteiger partial charge in [-0.3, -0.25) is 11.3 Å². The van der Waals surface area contributed by atoms with Crippen LogP contribution in [0.5, 0.6) is 0 Å². The minimum atomic E-state index is 0.101. The Balaban J connectivity index is 2.95. The molecule has 1 unspecified atom stereocenters. The van der Waals surface area contributed by atoms with Crippen molar-refractivity contribution in [3.05, 3.63) is 35.9 Å². The van der Waals surface area contributed by atoms with Crippen LogP contribution in [0.2, 0.25) is 0 Å². The number of hydrazine groups is 1. The van der Waals surface area contributed by atoms with Gasteiger partial charge in [0, 0.05) is 25.2 Å². The Morgan fingerprint density at radius 3 is 2.32 bits per heavy atom. The van der Waals surface area contributed by atoms with Crippen LogP contribution in [0.15, 0.2) is 30.3 Å². The van der Waals surface area contributed by atoms with Crippen LogP contribution in [-0.2, 0) is 10.2 Å². The summed E-state index contributed by atoms with van der Waals surface area (Å²) in [4.78, 5) is 0. The quantitative estimate of drug-likeness (QED) is 0.409. The predicted molar refractivity (Wildman–Crippen MR) is 80.9 cm³/mol. The van der Waals surface area contributed by atoms with E-state index in [4.69, 9.17) is 10.6 Å². The van der Waals surface area contributed by atoms with E-state index >= 15 is 0 Å². The van der Waals surface area contributed by atoms with Gasteiger partial charge in [0.2, 0.25) is 0 Å². The fourth-order valence-electron chi connectivity index (χ4n) is 3.07. The molecular formula is C16H28N2O. The standard InChI is InChI=1S/C16H28N2O/c1-4-16(5-2,14-10-7-6-8-11-14)15(18-17)12-9-13-19-3/h6-8,10-11,15,18H,4-5,9,12-13,17H2,1-3H3. The van der Waals surface area contributed by atoms with Crippen LogP contribution in [0.4, 0.5) is 0 Å². The van der Waals surface area contributed by atoms with Gasteiger partial charge in [-0.1, -0.05) is 44.2 Å². The Morgan fingerprint density at radius 1 is 1.21 bits per heavy atom. The minimum absolute atomic E-state index is 0.101. The van der Waals surface area contributed by atoms with E-state index in [1.807, 2.05) is 0 Å². The van der Waals surface area contributed by atoms with Crippen molar-refractivity contribution in [3.63, 3.8) is 0 Å². The van der Waals surface area contributed by atoms with E-state index in [9.17, 15) is 0 Å². The lowest BCUT2D eigenvalue weighted by atomic mass is 9.69. The third-order valence-electron chi connectivity index (χ3n) is 4.32. The molecule has 1 aromatic carbocycles. The number of nitrogens with one attached hydrogen (secondary N) is 1. The SMILES string of the molecule is CCC(CC)(c1ccccc1)C(CCCOC)NN. The molecule has 1 aromatic rings. The highest BCUT2D eigenvalue weighted by Crippen LogP contribution is 2.36. The summed E-state index contributed by atoms with van der Waals surface area (Å²) in [5.41, 5.74) is 4.52. The van der Waals surface area contributed by atoms with Crippen molar-refractivity contribution in [2.75, 3.05) is 13.7 Å². The van der Waals surface area contributed by atoms with Crippen molar-refractivity contribution in [3.8, 4) is 0 Å². The van der Waals surface area contributed by atoms with Crippen molar-refractivity contribution in [2.45, 2.75) is 51.0 Å². The van der Waals surface area contributed by atoms with Crippen LogP contribution in [-0.4, -0.2) is 19.8 Å². The molecule has 0 bridgehead atoms. The molecule has 0 saturated carbocycles. The van der Waals surface area contributed by atoms with Crippen LogP contribution in [0.3, 0.4) is 0 Å². The van der Waals surface area contributed by atoms with Gasteiger partial charge in [-0.05, 0) is 31.2 Å². The highest BCUT2D eigenvalue weighted by Gasteiger charge is 2.36. The molecule has 1 rings (SSSR count). The van der Waals surface area contributed by atoms with Gasteiger partial charge < -0.3 is 4.74 Å². The normalized spacial score (nSPS) is 13.5. The highest BCUT2D eigenvalue weighted by molar-refractivity contribution is 5.27. The van der Waals surface area contributed by atoms with Crippen molar-refractivity contribution < 1.29 is 4.74 Å². The molecule has 0 aliphatic rings. The Kier molecular flexibility index (Phi) is 7.06. The largest absolute Gasteiger partial charge is 0.385 e. The van der Waals surface area contributed by atoms with Gasteiger partial charge in [0.1, 0.15) is 0 Å². The molecule has 0 aromatic heterocycles.